The Morgan fingerprint density at radius 1 is 1.50 bits per heavy atom. The van der Waals surface area contributed by atoms with E-state index in [9.17, 15) is 4.79 Å². The number of hydrogen-bond acceptors (Lipinski definition) is 2. The number of fused-ring (bicyclic) bond motifs is 3. The van der Waals surface area contributed by atoms with Crippen LogP contribution in [0.2, 0.25) is 5.02 Å². The lowest BCUT2D eigenvalue weighted by Crippen LogP contribution is -2.25. The predicted octanol–water partition coefficient (Wildman–Crippen LogP) is 2.18. The van der Waals surface area contributed by atoms with E-state index in [1.165, 1.54) is 5.56 Å². The van der Waals surface area contributed by atoms with E-state index in [1.807, 2.05) is 12.1 Å². The minimum atomic E-state index is -0.692. The van der Waals surface area contributed by atoms with Crippen LogP contribution in [0.15, 0.2) is 18.2 Å². The van der Waals surface area contributed by atoms with Crippen LogP contribution in [-0.2, 0) is 11.2 Å². The first-order valence-corrected chi connectivity index (χ1v) is 5.81. The number of nitrogens with zero attached hydrogens (tertiary/aromatic N) is 1. The molecule has 4 heteroatoms. The first-order chi connectivity index (χ1) is 7.66. The van der Waals surface area contributed by atoms with Crippen molar-refractivity contribution < 1.29 is 9.90 Å². The van der Waals surface area contributed by atoms with Crippen molar-refractivity contribution in [2.24, 2.45) is 5.92 Å². The number of benzene rings is 1. The van der Waals surface area contributed by atoms with Gasteiger partial charge in [0.2, 0.25) is 0 Å². The molecule has 1 fully saturated rings. The van der Waals surface area contributed by atoms with Crippen LogP contribution in [0.5, 0.6) is 0 Å². The lowest BCUT2D eigenvalue weighted by molar-refractivity contribution is -0.141. The Balaban J connectivity index is 1.96. The molecule has 1 N–H and O–H groups in total. The lowest BCUT2D eigenvalue weighted by atomic mass is 10.0. The van der Waals surface area contributed by atoms with Gasteiger partial charge in [-0.3, -0.25) is 4.79 Å². The molecule has 2 heterocycles. The Morgan fingerprint density at radius 2 is 2.31 bits per heavy atom. The predicted molar refractivity (Wildman–Crippen MR) is 62.0 cm³/mol. The summed E-state index contributed by atoms with van der Waals surface area (Å²) in [7, 11) is 0. The van der Waals surface area contributed by atoms with Crippen molar-refractivity contribution >= 4 is 23.3 Å². The van der Waals surface area contributed by atoms with Crippen LogP contribution in [-0.4, -0.2) is 23.7 Å². The van der Waals surface area contributed by atoms with E-state index in [4.69, 9.17) is 16.7 Å². The molecule has 0 amide bonds. The van der Waals surface area contributed by atoms with E-state index in [-0.39, 0.29) is 5.92 Å². The van der Waals surface area contributed by atoms with Crippen LogP contribution in [0.4, 0.5) is 5.69 Å². The van der Waals surface area contributed by atoms with Crippen molar-refractivity contribution in [1.82, 2.24) is 0 Å². The summed E-state index contributed by atoms with van der Waals surface area (Å²) in [6, 6.07) is 6.24. The van der Waals surface area contributed by atoms with Gasteiger partial charge in [0.15, 0.2) is 0 Å². The van der Waals surface area contributed by atoms with Crippen molar-refractivity contribution in [3.8, 4) is 0 Å². The van der Waals surface area contributed by atoms with Gasteiger partial charge in [0, 0.05) is 12.6 Å². The second-order valence-electron chi connectivity index (χ2n) is 4.53. The van der Waals surface area contributed by atoms with Crippen LogP contribution in [0, 0.1) is 5.92 Å². The van der Waals surface area contributed by atoms with Gasteiger partial charge in [0.1, 0.15) is 0 Å². The molecule has 2 unspecified atom stereocenters. The molecule has 1 aromatic rings. The molecule has 2 atom stereocenters. The monoisotopic (exact) mass is 237 g/mol. The number of carbonyl (C=O) groups is 1. The summed E-state index contributed by atoms with van der Waals surface area (Å²) in [4.78, 5) is 13.1. The minimum absolute atomic E-state index is 0.241. The Morgan fingerprint density at radius 3 is 3.06 bits per heavy atom. The highest BCUT2D eigenvalue weighted by molar-refractivity contribution is 6.33. The summed E-state index contributed by atoms with van der Waals surface area (Å²) in [5.74, 6) is -0.933. The van der Waals surface area contributed by atoms with Gasteiger partial charge < -0.3 is 10.0 Å². The molecular weight excluding hydrogens is 226 g/mol. The molecular formula is C12H12ClNO2. The first-order valence-electron chi connectivity index (χ1n) is 5.43. The molecule has 0 bridgehead atoms. The first kappa shape index (κ1) is 9.97. The number of para-hydroxylation sites is 1. The number of aliphatic carboxylic acids is 1. The zero-order valence-electron chi connectivity index (χ0n) is 8.69. The number of anilines is 1. The van der Waals surface area contributed by atoms with Crippen LogP contribution in [0.1, 0.15) is 12.0 Å². The molecule has 0 radical (unpaired) electrons. The molecule has 84 valence electrons. The topological polar surface area (TPSA) is 40.5 Å². The Bertz CT molecular complexity index is 460. The molecule has 0 saturated carbocycles. The van der Waals surface area contributed by atoms with Crippen molar-refractivity contribution in [2.75, 3.05) is 11.4 Å². The van der Waals surface area contributed by atoms with Gasteiger partial charge in [-0.2, -0.15) is 0 Å². The van der Waals surface area contributed by atoms with Crippen molar-refractivity contribution in [3.63, 3.8) is 0 Å². The molecule has 2 aliphatic rings. The van der Waals surface area contributed by atoms with Gasteiger partial charge in [-0.15, -0.1) is 0 Å². The van der Waals surface area contributed by atoms with Crippen LogP contribution >= 0.6 is 11.6 Å². The van der Waals surface area contributed by atoms with Crippen LogP contribution < -0.4 is 4.90 Å². The average molecular weight is 238 g/mol. The van der Waals surface area contributed by atoms with E-state index >= 15 is 0 Å². The number of halogens is 1. The third kappa shape index (κ3) is 1.31. The molecule has 16 heavy (non-hydrogen) atoms. The second kappa shape index (κ2) is 3.39. The third-order valence-corrected chi connectivity index (χ3v) is 3.88. The van der Waals surface area contributed by atoms with Gasteiger partial charge in [-0.25, -0.2) is 0 Å². The standard InChI is InChI=1S/C12H12ClNO2/c13-10-3-1-2-7-4-9-5-8(12(15)16)6-14(9)11(7)10/h1-3,8-9H,4-6H2,(H,15,16). The molecule has 0 spiro atoms. The highest BCUT2D eigenvalue weighted by Crippen LogP contribution is 2.43. The van der Waals surface area contributed by atoms with E-state index in [1.54, 1.807) is 0 Å². The van der Waals surface area contributed by atoms with E-state index < -0.39 is 5.97 Å². The fraction of sp³-hybridized carbons (Fsp3) is 0.417. The van der Waals surface area contributed by atoms with E-state index in [0.29, 0.717) is 12.6 Å². The van der Waals surface area contributed by atoms with Crippen molar-refractivity contribution in [2.45, 2.75) is 18.9 Å². The SMILES string of the molecule is O=C(O)C1CC2Cc3cccc(Cl)c3N2C1. The van der Waals surface area contributed by atoms with Gasteiger partial charge in [0.05, 0.1) is 16.6 Å². The molecule has 3 nitrogen and oxygen atoms in total. The van der Waals surface area contributed by atoms with Gasteiger partial charge in [-0.05, 0) is 24.5 Å². The summed E-state index contributed by atoms with van der Waals surface area (Å²) in [5, 5.41) is 9.77. The zero-order valence-corrected chi connectivity index (χ0v) is 9.44. The fourth-order valence-electron chi connectivity index (χ4n) is 2.86. The summed E-state index contributed by atoms with van der Waals surface area (Å²) in [6.07, 6.45) is 1.67. The third-order valence-electron chi connectivity index (χ3n) is 3.58. The molecule has 2 aliphatic heterocycles. The highest BCUT2D eigenvalue weighted by atomic mass is 35.5. The largest absolute Gasteiger partial charge is 0.481 e. The number of rotatable bonds is 1. The molecule has 0 aliphatic carbocycles. The molecule has 3 rings (SSSR count). The average Bonchev–Trinajstić information content (AvgIpc) is 2.73. The summed E-state index contributed by atoms with van der Waals surface area (Å²) in [5.41, 5.74) is 2.30. The Hall–Kier alpha value is -1.22. The van der Waals surface area contributed by atoms with Crippen molar-refractivity contribution in [3.05, 3.63) is 28.8 Å². The number of carboxylic acid groups (broad SMARTS) is 1. The van der Waals surface area contributed by atoms with E-state index in [2.05, 4.69) is 11.0 Å². The highest BCUT2D eigenvalue weighted by Gasteiger charge is 2.41. The van der Waals surface area contributed by atoms with Gasteiger partial charge >= 0.3 is 5.97 Å². The zero-order chi connectivity index (χ0) is 11.3. The lowest BCUT2D eigenvalue weighted by Gasteiger charge is -2.19. The maximum atomic E-state index is 11.0. The second-order valence-corrected chi connectivity index (χ2v) is 4.94. The minimum Gasteiger partial charge on any atom is -0.481 e. The molecule has 1 aromatic carbocycles. The van der Waals surface area contributed by atoms with E-state index in [0.717, 1.165) is 23.6 Å². The maximum Gasteiger partial charge on any atom is 0.308 e. The molecule has 1 saturated heterocycles. The summed E-state index contributed by atoms with van der Waals surface area (Å²) in [6.45, 7) is 0.594. The van der Waals surface area contributed by atoms with Crippen molar-refractivity contribution in [1.29, 1.82) is 0 Å². The summed E-state index contributed by atoms with van der Waals surface area (Å²) >= 11 is 6.17. The van der Waals surface area contributed by atoms with Gasteiger partial charge in [-0.1, -0.05) is 23.7 Å². The van der Waals surface area contributed by atoms with Crippen LogP contribution in [0.25, 0.3) is 0 Å². The number of hydrogen-bond donors (Lipinski definition) is 1. The fourth-order valence-corrected chi connectivity index (χ4v) is 3.17. The normalized spacial score (nSPS) is 26.7. The van der Waals surface area contributed by atoms with Gasteiger partial charge in [0.25, 0.3) is 0 Å². The smallest absolute Gasteiger partial charge is 0.308 e. The summed E-state index contributed by atoms with van der Waals surface area (Å²) < 4.78 is 0. The Labute approximate surface area is 98.6 Å². The molecule has 0 aromatic heterocycles. The maximum absolute atomic E-state index is 11.0. The number of carboxylic acids is 1. The quantitative estimate of drug-likeness (QED) is 0.814. The Kier molecular flexibility index (Phi) is 2.11. The van der Waals surface area contributed by atoms with Crippen LogP contribution in [0.3, 0.4) is 0 Å².